The summed E-state index contributed by atoms with van der Waals surface area (Å²) in [5, 5.41) is 1.37. The van der Waals surface area contributed by atoms with Crippen LogP contribution in [0.3, 0.4) is 0 Å². The first-order valence-electron chi connectivity index (χ1n) is 8.49. The normalized spacial score (nSPS) is 11.1. The van der Waals surface area contributed by atoms with Gasteiger partial charge in [0.25, 0.3) is 5.56 Å². The molecule has 0 spiro atoms. The van der Waals surface area contributed by atoms with E-state index in [1.54, 1.807) is 11.3 Å². The van der Waals surface area contributed by atoms with Crippen LogP contribution in [-0.4, -0.2) is 9.97 Å². The molecule has 0 atom stereocenters. The lowest BCUT2D eigenvalue weighted by Crippen LogP contribution is -2.09. The second-order valence-electron chi connectivity index (χ2n) is 6.28. The molecular formula is C21H17ClN2O2S. The van der Waals surface area contributed by atoms with Crippen molar-refractivity contribution in [2.75, 3.05) is 0 Å². The standard InChI is InChI=1S/C21H17ClN2O2S/c1-12-13(2)27-21-18(12)20(25)23-19(24-21)14-7-9-16(10-8-14)26-11-15-5-3-4-6-17(15)22/h3-10H,11H2,1-2H3,(H,23,24,25). The highest BCUT2D eigenvalue weighted by molar-refractivity contribution is 7.18. The van der Waals surface area contributed by atoms with Crippen molar-refractivity contribution >= 4 is 33.2 Å². The Hall–Kier alpha value is -2.63. The lowest BCUT2D eigenvalue weighted by Gasteiger charge is -2.08. The predicted molar refractivity (Wildman–Crippen MR) is 111 cm³/mol. The van der Waals surface area contributed by atoms with E-state index in [9.17, 15) is 4.79 Å². The summed E-state index contributed by atoms with van der Waals surface area (Å²) in [6.45, 7) is 4.36. The van der Waals surface area contributed by atoms with E-state index in [1.165, 1.54) is 0 Å². The van der Waals surface area contributed by atoms with Gasteiger partial charge in [0, 0.05) is 21.0 Å². The first-order valence-corrected chi connectivity index (χ1v) is 9.69. The number of benzene rings is 2. The molecule has 0 aliphatic carbocycles. The van der Waals surface area contributed by atoms with Gasteiger partial charge in [0.2, 0.25) is 0 Å². The van der Waals surface area contributed by atoms with Crippen LogP contribution < -0.4 is 10.3 Å². The second kappa shape index (κ2) is 7.18. The van der Waals surface area contributed by atoms with Gasteiger partial charge in [-0.1, -0.05) is 29.8 Å². The zero-order chi connectivity index (χ0) is 19.0. The molecule has 2 heterocycles. The Bertz CT molecular complexity index is 1180. The van der Waals surface area contributed by atoms with E-state index in [4.69, 9.17) is 16.3 Å². The Morgan fingerprint density at radius 3 is 2.59 bits per heavy atom. The topological polar surface area (TPSA) is 55.0 Å². The molecule has 27 heavy (non-hydrogen) atoms. The summed E-state index contributed by atoms with van der Waals surface area (Å²) >= 11 is 7.69. The van der Waals surface area contributed by atoms with Gasteiger partial charge in [0.05, 0.1) is 5.39 Å². The zero-order valence-corrected chi connectivity index (χ0v) is 16.4. The van der Waals surface area contributed by atoms with Gasteiger partial charge >= 0.3 is 0 Å². The molecule has 0 aliphatic rings. The smallest absolute Gasteiger partial charge is 0.260 e. The molecule has 0 aliphatic heterocycles. The second-order valence-corrected chi connectivity index (χ2v) is 7.89. The van der Waals surface area contributed by atoms with Crippen molar-refractivity contribution in [3.63, 3.8) is 0 Å². The van der Waals surface area contributed by atoms with E-state index in [2.05, 4.69) is 9.97 Å². The lowest BCUT2D eigenvalue weighted by atomic mass is 10.2. The summed E-state index contributed by atoms with van der Waals surface area (Å²) in [5.41, 5.74) is 2.67. The van der Waals surface area contributed by atoms with Crippen LogP contribution in [0.5, 0.6) is 5.75 Å². The summed E-state index contributed by atoms with van der Waals surface area (Å²) in [6, 6.07) is 15.1. The molecule has 0 radical (unpaired) electrons. The van der Waals surface area contributed by atoms with Crippen LogP contribution in [0, 0.1) is 13.8 Å². The Labute approximate surface area is 165 Å². The van der Waals surface area contributed by atoms with Crippen LogP contribution in [-0.2, 0) is 6.61 Å². The van der Waals surface area contributed by atoms with Gasteiger partial charge in [-0.3, -0.25) is 4.79 Å². The molecule has 1 N–H and O–H groups in total. The highest BCUT2D eigenvalue weighted by atomic mass is 35.5. The van der Waals surface area contributed by atoms with Crippen molar-refractivity contribution in [3.8, 4) is 17.1 Å². The SMILES string of the molecule is Cc1sc2nc(-c3ccc(OCc4ccccc4Cl)cc3)[nH]c(=O)c2c1C. The number of thiophene rings is 1. The van der Waals surface area contributed by atoms with Gasteiger partial charge in [0.15, 0.2) is 0 Å². The number of ether oxygens (including phenoxy) is 1. The molecule has 0 saturated heterocycles. The number of halogens is 1. The average molecular weight is 397 g/mol. The molecule has 2 aromatic heterocycles. The zero-order valence-electron chi connectivity index (χ0n) is 14.9. The number of fused-ring (bicyclic) bond motifs is 1. The first kappa shape index (κ1) is 17.8. The van der Waals surface area contributed by atoms with Crippen molar-refractivity contribution in [3.05, 3.63) is 79.9 Å². The molecule has 136 valence electrons. The predicted octanol–water partition coefficient (Wildman–Crippen LogP) is 5.50. The monoisotopic (exact) mass is 396 g/mol. The van der Waals surface area contributed by atoms with Crippen molar-refractivity contribution < 1.29 is 4.74 Å². The fourth-order valence-corrected chi connectivity index (χ4v) is 4.10. The fourth-order valence-electron chi connectivity index (χ4n) is 2.88. The van der Waals surface area contributed by atoms with E-state index < -0.39 is 0 Å². The maximum absolute atomic E-state index is 12.4. The van der Waals surface area contributed by atoms with Crippen LogP contribution in [0.1, 0.15) is 16.0 Å². The fraction of sp³-hybridized carbons (Fsp3) is 0.143. The summed E-state index contributed by atoms with van der Waals surface area (Å²) < 4.78 is 5.80. The summed E-state index contributed by atoms with van der Waals surface area (Å²) in [7, 11) is 0. The Kier molecular flexibility index (Phi) is 4.72. The summed E-state index contributed by atoms with van der Waals surface area (Å²) in [4.78, 5) is 21.8. The average Bonchev–Trinajstić information content (AvgIpc) is 2.96. The van der Waals surface area contributed by atoms with Crippen molar-refractivity contribution in [2.24, 2.45) is 0 Å². The Morgan fingerprint density at radius 2 is 1.85 bits per heavy atom. The molecule has 2 aromatic carbocycles. The van der Waals surface area contributed by atoms with E-state index >= 15 is 0 Å². The third-order valence-electron chi connectivity index (χ3n) is 4.52. The van der Waals surface area contributed by atoms with Gasteiger partial charge in [-0.05, 0) is 49.7 Å². The number of rotatable bonds is 4. The van der Waals surface area contributed by atoms with Gasteiger partial charge in [-0.25, -0.2) is 4.98 Å². The highest BCUT2D eigenvalue weighted by Crippen LogP contribution is 2.28. The molecule has 4 rings (SSSR count). The van der Waals surface area contributed by atoms with Crippen LogP contribution >= 0.6 is 22.9 Å². The van der Waals surface area contributed by atoms with E-state index in [1.807, 2.05) is 62.4 Å². The van der Waals surface area contributed by atoms with Crippen LogP contribution in [0.2, 0.25) is 5.02 Å². The Balaban J connectivity index is 1.58. The van der Waals surface area contributed by atoms with Gasteiger partial charge in [-0.2, -0.15) is 0 Å². The molecule has 4 aromatic rings. The minimum Gasteiger partial charge on any atom is -0.489 e. The van der Waals surface area contributed by atoms with Crippen LogP contribution in [0.15, 0.2) is 53.3 Å². The number of aryl methyl sites for hydroxylation is 2. The largest absolute Gasteiger partial charge is 0.489 e. The number of nitrogens with zero attached hydrogens (tertiary/aromatic N) is 1. The van der Waals surface area contributed by atoms with Gasteiger partial charge in [0.1, 0.15) is 23.0 Å². The van der Waals surface area contributed by atoms with E-state index in [-0.39, 0.29) is 5.56 Å². The number of hydrogen-bond acceptors (Lipinski definition) is 4. The third-order valence-corrected chi connectivity index (χ3v) is 5.99. The number of H-pyrrole nitrogens is 1. The number of aromatic amines is 1. The molecule has 0 fully saturated rings. The van der Waals surface area contributed by atoms with Crippen molar-refractivity contribution in [2.45, 2.75) is 20.5 Å². The summed E-state index contributed by atoms with van der Waals surface area (Å²) in [5.74, 6) is 1.29. The third kappa shape index (κ3) is 3.48. The van der Waals surface area contributed by atoms with Gasteiger partial charge < -0.3 is 9.72 Å². The van der Waals surface area contributed by atoms with E-state index in [0.717, 1.165) is 32.1 Å². The van der Waals surface area contributed by atoms with Crippen molar-refractivity contribution in [1.29, 1.82) is 0 Å². The maximum atomic E-state index is 12.4. The number of hydrogen-bond donors (Lipinski definition) is 1. The molecule has 6 heteroatoms. The van der Waals surface area contributed by atoms with Crippen LogP contribution in [0.4, 0.5) is 0 Å². The molecule has 0 saturated carbocycles. The van der Waals surface area contributed by atoms with Crippen LogP contribution in [0.25, 0.3) is 21.6 Å². The molecule has 0 amide bonds. The minimum absolute atomic E-state index is 0.101. The van der Waals surface area contributed by atoms with Gasteiger partial charge in [-0.15, -0.1) is 11.3 Å². The molecule has 0 unspecified atom stereocenters. The lowest BCUT2D eigenvalue weighted by molar-refractivity contribution is 0.306. The molecule has 4 nitrogen and oxygen atoms in total. The van der Waals surface area contributed by atoms with E-state index in [0.29, 0.717) is 22.8 Å². The minimum atomic E-state index is -0.101. The first-order chi connectivity index (χ1) is 13.0. The summed E-state index contributed by atoms with van der Waals surface area (Å²) in [6.07, 6.45) is 0. The van der Waals surface area contributed by atoms with Crippen molar-refractivity contribution in [1.82, 2.24) is 9.97 Å². The quantitative estimate of drug-likeness (QED) is 0.495. The number of aromatic nitrogens is 2. The number of nitrogens with one attached hydrogen (secondary N) is 1. The molecular weight excluding hydrogens is 380 g/mol. The Morgan fingerprint density at radius 1 is 1.11 bits per heavy atom. The molecule has 0 bridgehead atoms. The highest BCUT2D eigenvalue weighted by Gasteiger charge is 2.12. The maximum Gasteiger partial charge on any atom is 0.260 e.